The maximum absolute atomic E-state index is 12.4. The molecule has 0 unspecified atom stereocenters. The van der Waals surface area contributed by atoms with Gasteiger partial charge in [-0.25, -0.2) is 0 Å². The largest absolute Gasteiger partial charge is 0.345 e. The van der Waals surface area contributed by atoms with Gasteiger partial charge in [-0.3, -0.25) is 9.36 Å². The molecule has 0 saturated carbocycles. The van der Waals surface area contributed by atoms with Gasteiger partial charge >= 0.3 is 0 Å². The quantitative estimate of drug-likeness (QED) is 0.699. The van der Waals surface area contributed by atoms with Crippen LogP contribution in [0.5, 0.6) is 0 Å². The van der Waals surface area contributed by atoms with Gasteiger partial charge < -0.3 is 14.7 Å². The van der Waals surface area contributed by atoms with E-state index in [-0.39, 0.29) is 11.7 Å². The summed E-state index contributed by atoms with van der Waals surface area (Å²) in [6.07, 6.45) is 0. The molecule has 2 heterocycles. The molecule has 9 nitrogen and oxygen atoms in total. The van der Waals surface area contributed by atoms with Crippen LogP contribution in [-0.2, 0) is 20.1 Å². The van der Waals surface area contributed by atoms with Gasteiger partial charge in [0.2, 0.25) is 17.7 Å². The molecule has 3 aromatic rings. The predicted octanol–water partition coefficient (Wildman–Crippen LogP) is 1.73. The Balaban J connectivity index is 1.65. The zero-order valence-electron chi connectivity index (χ0n) is 14.6. The first-order valence-electron chi connectivity index (χ1n) is 7.86. The highest BCUT2D eigenvalue weighted by Gasteiger charge is 2.19. The van der Waals surface area contributed by atoms with Crippen molar-refractivity contribution in [1.82, 2.24) is 30.2 Å². The van der Waals surface area contributed by atoms with Crippen LogP contribution in [0.15, 0.2) is 28.8 Å². The van der Waals surface area contributed by atoms with E-state index in [1.807, 2.05) is 12.1 Å². The van der Waals surface area contributed by atoms with E-state index < -0.39 is 0 Å². The Morgan fingerprint density at radius 3 is 2.69 bits per heavy atom. The molecule has 0 aliphatic heterocycles. The van der Waals surface area contributed by atoms with Crippen LogP contribution in [0.4, 0.5) is 5.95 Å². The average molecular weight is 376 g/mol. The number of hydrogen-bond donors (Lipinski definition) is 1. The third-order valence-corrected chi connectivity index (χ3v) is 3.96. The number of anilines is 1. The molecule has 0 atom stereocenters. The summed E-state index contributed by atoms with van der Waals surface area (Å²) in [5, 5.41) is 15.3. The van der Waals surface area contributed by atoms with Crippen LogP contribution in [-0.4, -0.2) is 37.9 Å². The summed E-state index contributed by atoms with van der Waals surface area (Å²) in [6.45, 7) is 2.48. The molecule has 0 aliphatic rings. The SMILES string of the molecule is Cc1noc(CN(C)c2nnc(C(=O)NCc3ccc(Cl)cc3)n2C)n1. The zero-order chi connectivity index (χ0) is 18.7. The molecule has 26 heavy (non-hydrogen) atoms. The first-order chi connectivity index (χ1) is 12.4. The van der Waals surface area contributed by atoms with E-state index in [4.69, 9.17) is 16.1 Å². The van der Waals surface area contributed by atoms with Crippen molar-refractivity contribution in [2.45, 2.75) is 20.0 Å². The second kappa shape index (κ2) is 7.52. The van der Waals surface area contributed by atoms with Gasteiger partial charge in [-0.15, -0.1) is 10.2 Å². The molecule has 2 aromatic heterocycles. The van der Waals surface area contributed by atoms with Gasteiger partial charge in [-0.05, 0) is 24.6 Å². The second-order valence-corrected chi connectivity index (χ2v) is 6.22. The molecule has 1 aromatic carbocycles. The van der Waals surface area contributed by atoms with Crippen LogP contribution in [0.25, 0.3) is 0 Å². The molecular formula is C16H18ClN7O2. The topological polar surface area (TPSA) is 102 Å². The summed E-state index contributed by atoms with van der Waals surface area (Å²) in [7, 11) is 3.53. The molecule has 10 heteroatoms. The number of nitrogens with one attached hydrogen (secondary N) is 1. The fraction of sp³-hybridized carbons (Fsp3) is 0.312. The van der Waals surface area contributed by atoms with Crippen molar-refractivity contribution in [2.75, 3.05) is 11.9 Å². The van der Waals surface area contributed by atoms with E-state index in [9.17, 15) is 4.79 Å². The minimum atomic E-state index is -0.316. The second-order valence-electron chi connectivity index (χ2n) is 5.78. The molecular weight excluding hydrogens is 358 g/mol. The van der Waals surface area contributed by atoms with Crippen molar-refractivity contribution in [1.29, 1.82) is 0 Å². The number of aryl methyl sites for hydroxylation is 1. The normalized spacial score (nSPS) is 10.8. The zero-order valence-corrected chi connectivity index (χ0v) is 15.4. The lowest BCUT2D eigenvalue weighted by molar-refractivity contribution is 0.0937. The number of rotatable bonds is 6. The number of hydrogen-bond acceptors (Lipinski definition) is 7. The highest BCUT2D eigenvalue weighted by Crippen LogP contribution is 2.13. The van der Waals surface area contributed by atoms with E-state index in [0.717, 1.165) is 5.56 Å². The summed E-state index contributed by atoms with van der Waals surface area (Å²) in [5.74, 6) is 1.43. The fourth-order valence-corrected chi connectivity index (χ4v) is 2.52. The Hall–Kier alpha value is -2.94. The number of halogens is 1. The van der Waals surface area contributed by atoms with Crippen LogP contribution < -0.4 is 10.2 Å². The van der Waals surface area contributed by atoms with Crippen LogP contribution in [0.1, 0.15) is 27.9 Å². The lowest BCUT2D eigenvalue weighted by Gasteiger charge is -2.15. The van der Waals surface area contributed by atoms with Gasteiger partial charge in [0.15, 0.2) is 5.82 Å². The van der Waals surface area contributed by atoms with Gasteiger partial charge in [-0.2, -0.15) is 4.98 Å². The van der Waals surface area contributed by atoms with Crippen LogP contribution in [0.2, 0.25) is 5.02 Å². The minimum Gasteiger partial charge on any atom is -0.345 e. The Morgan fingerprint density at radius 2 is 2.04 bits per heavy atom. The molecule has 1 N–H and O–H groups in total. The standard InChI is InChI=1S/C16H18ClN7O2/c1-10-19-13(26-22-10)9-23(2)16-21-20-14(24(16)3)15(25)18-8-11-4-6-12(17)7-5-11/h4-7H,8-9H2,1-3H3,(H,18,25). The first-order valence-corrected chi connectivity index (χ1v) is 8.24. The van der Waals surface area contributed by atoms with Gasteiger partial charge in [0, 0.05) is 25.7 Å². The van der Waals surface area contributed by atoms with E-state index in [1.54, 1.807) is 42.6 Å². The van der Waals surface area contributed by atoms with E-state index in [0.29, 0.717) is 35.8 Å². The number of carbonyl (C=O) groups is 1. The van der Waals surface area contributed by atoms with Gasteiger partial charge in [-0.1, -0.05) is 28.9 Å². The van der Waals surface area contributed by atoms with Crippen molar-refractivity contribution >= 4 is 23.5 Å². The summed E-state index contributed by atoms with van der Waals surface area (Å²) < 4.78 is 6.71. The number of carbonyl (C=O) groups excluding carboxylic acids is 1. The predicted molar refractivity (Wildman–Crippen MR) is 94.8 cm³/mol. The summed E-state index contributed by atoms with van der Waals surface area (Å²) in [4.78, 5) is 18.3. The van der Waals surface area contributed by atoms with Crippen LogP contribution in [0, 0.1) is 6.92 Å². The molecule has 0 bridgehead atoms. The summed E-state index contributed by atoms with van der Waals surface area (Å²) in [6, 6.07) is 7.26. The lowest BCUT2D eigenvalue weighted by Crippen LogP contribution is -2.27. The molecule has 1 amide bonds. The molecule has 0 fully saturated rings. The fourth-order valence-electron chi connectivity index (χ4n) is 2.39. The molecule has 3 rings (SSSR count). The Morgan fingerprint density at radius 1 is 1.31 bits per heavy atom. The number of amides is 1. The Kier molecular flexibility index (Phi) is 5.17. The highest BCUT2D eigenvalue weighted by atomic mass is 35.5. The number of benzene rings is 1. The van der Waals surface area contributed by atoms with Crippen molar-refractivity contribution in [3.63, 3.8) is 0 Å². The third kappa shape index (κ3) is 3.99. The Bertz CT molecular complexity index is 904. The first kappa shape index (κ1) is 17.9. The average Bonchev–Trinajstić information content (AvgIpc) is 3.19. The number of nitrogens with zero attached hydrogens (tertiary/aromatic N) is 6. The molecule has 0 aliphatic carbocycles. The van der Waals surface area contributed by atoms with Gasteiger partial charge in [0.1, 0.15) is 0 Å². The molecule has 0 saturated heterocycles. The van der Waals surface area contributed by atoms with Gasteiger partial charge in [0.25, 0.3) is 5.91 Å². The summed E-state index contributed by atoms with van der Waals surface area (Å²) in [5.41, 5.74) is 0.939. The molecule has 0 spiro atoms. The van der Waals surface area contributed by atoms with E-state index in [1.165, 1.54) is 0 Å². The lowest BCUT2D eigenvalue weighted by atomic mass is 10.2. The third-order valence-electron chi connectivity index (χ3n) is 3.70. The molecule has 0 radical (unpaired) electrons. The maximum Gasteiger partial charge on any atom is 0.289 e. The summed E-state index contributed by atoms with van der Waals surface area (Å²) >= 11 is 5.85. The monoisotopic (exact) mass is 375 g/mol. The Labute approximate surface area is 155 Å². The molecule has 136 valence electrons. The maximum atomic E-state index is 12.4. The minimum absolute atomic E-state index is 0.211. The van der Waals surface area contributed by atoms with Gasteiger partial charge in [0.05, 0.1) is 6.54 Å². The van der Waals surface area contributed by atoms with E-state index >= 15 is 0 Å². The van der Waals surface area contributed by atoms with E-state index in [2.05, 4.69) is 25.7 Å². The van der Waals surface area contributed by atoms with Crippen molar-refractivity contribution < 1.29 is 9.32 Å². The highest BCUT2D eigenvalue weighted by molar-refractivity contribution is 6.30. The smallest absolute Gasteiger partial charge is 0.289 e. The van der Waals surface area contributed by atoms with Crippen molar-refractivity contribution in [3.05, 3.63) is 52.4 Å². The van der Waals surface area contributed by atoms with Crippen molar-refractivity contribution in [3.8, 4) is 0 Å². The number of aromatic nitrogens is 5. The van der Waals surface area contributed by atoms with Crippen molar-refractivity contribution in [2.24, 2.45) is 7.05 Å². The van der Waals surface area contributed by atoms with Crippen LogP contribution in [0.3, 0.4) is 0 Å². The van der Waals surface area contributed by atoms with Crippen LogP contribution >= 0.6 is 11.6 Å².